The Morgan fingerprint density at radius 1 is 1.31 bits per heavy atom. The van der Waals surface area contributed by atoms with Crippen molar-refractivity contribution < 1.29 is 13.9 Å². The molecule has 132 valence electrons. The monoisotopic (exact) mass is 386 g/mol. The highest BCUT2D eigenvalue weighted by Gasteiger charge is 2.21. The zero-order valence-electron chi connectivity index (χ0n) is 13.9. The molecule has 0 unspecified atom stereocenters. The van der Waals surface area contributed by atoms with Crippen LogP contribution >= 0.6 is 22.9 Å². The van der Waals surface area contributed by atoms with Crippen molar-refractivity contribution in [3.8, 4) is 0 Å². The molecule has 7 heteroatoms. The Morgan fingerprint density at radius 2 is 2.15 bits per heavy atom. The Morgan fingerprint density at radius 3 is 3.00 bits per heavy atom. The summed E-state index contributed by atoms with van der Waals surface area (Å²) >= 11 is 7.37. The minimum Gasteiger partial charge on any atom is -0.451 e. The van der Waals surface area contributed by atoms with Crippen LogP contribution in [0.1, 0.15) is 23.0 Å². The largest absolute Gasteiger partial charge is 0.451 e. The SMILES string of the molecule is CCOCc1c(C(=O)Nc2nc3ccc(Cl)cc3s2)oc2ccccc12. The van der Waals surface area contributed by atoms with Crippen LogP contribution < -0.4 is 5.32 Å². The van der Waals surface area contributed by atoms with Crippen LogP contribution in [-0.4, -0.2) is 17.5 Å². The fourth-order valence-corrected chi connectivity index (χ4v) is 3.87. The zero-order valence-corrected chi connectivity index (χ0v) is 15.5. The molecular formula is C19H15ClN2O3S. The average Bonchev–Trinajstić information content (AvgIpc) is 3.20. The second-order valence-corrected chi connectivity index (χ2v) is 7.10. The zero-order chi connectivity index (χ0) is 18.1. The van der Waals surface area contributed by atoms with E-state index < -0.39 is 0 Å². The summed E-state index contributed by atoms with van der Waals surface area (Å²) in [5, 5.41) is 4.83. The molecule has 26 heavy (non-hydrogen) atoms. The third-order valence-corrected chi connectivity index (χ3v) is 5.09. The van der Waals surface area contributed by atoms with E-state index in [1.54, 1.807) is 6.07 Å². The standard InChI is InChI=1S/C19H15ClN2O3S/c1-2-24-10-13-12-5-3-4-6-15(12)25-17(13)18(23)22-19-21-14-8-7-11(20)9-16(14)26-19/h3-9H,2,10H2,1H3,(H,21,22,23). The Kier molecular flexibility index (Phi) is 4.63. The minimum atomic E-state index is -0.346. The highest BCUT2D eigenvalue weighted by atomic mass is 35.5. The first-order valence-electron chi connectivity index (χ1n) is 8.11. The number of thiazole rings is 1. The number of halogens is 1. The van der Waals surface area contributed by atoms with Crippen LogP contribution in [0.5, 0.6) is 0 Å². The summed E-state index contributed by atoms with van der Waals surface area (Å²) in [5.74, 6) is -0.0991. The summed E-state index contributed by atoms with van der Waals surface area (Å²) < 4.78 is 12.2. The second-order valence-electron chi connectivity index (χ2n) is 5.63. The molecule has 4 aromatic rings. The van der Waals surface area contributed by atoms with E-state index in [-0.39, 0.29) is 11.7 Å². The number of rotatable bonds is 5. The van der Waals surface area contributed by atoms with E-state index in [4.69, 9.17) is 20.8 Å². The summed E-state index contributed by atoms with van der Waals surface area (Å²) in [6.07, 6.45) is 0. The molecule has 0 saturated heterocycles. The predicted octanol–water partition coefficient (Wildman–Crippen LogP) is 5.48. The van der Waals surface area contributed by atoms with Gasteiger partial charge in [0.1, 0.15) is 5.58 Å². The molecule has 2 aromatic heterocycles. The molecule has 4 rings (SSSR count). The highest BCUT2D eigenvalue weighted by Crippen LogP contribution is 2.30. The molecule has 0 aliphatic heterocycles. The number of anilines is 1. The van der Waals surface area contributed by atoms with Gasteiger partial charge in [-0.05, 0) is 31.2 Å². The van der Waals surface area contributed by atoms with E-state index in [2.05, 4.69) is 10.3 Å². The molecule has 0 atom stereocenters. The lowest BCUT2D eigenvalue weighted by molar-refractivity contribution is 0.0984. The molecule has 0 aliphatic carbocycles. The van der Waals surface area contributed by atoms with E-state index in [9.17, 15) is 4.79 Å². The maximum absolute atomic E-state index is 12.8. The Labute approximate surface area is 158 Å². The molecule has 0 aliphatic rings. The van der Waals surface area contributed by atoms with Crippen molar-refractivity contribution in [1.29, 1.82) is 0 Å². The third kappa shape index (κ3) is 3.19. The van der Waals surface area contributed by atoms with Gasteiger partial charge in [-0.3, -0.25) is 10.1 Å². The summed E-state index contributed by atoms with van der Waals surface area (Å²) in [7, 11) is 0. The number of hydrogen-bond donors (Lipinski definition) is 1. The molecular weight excluding hydrogens is 372 g/mol. The number of carbonyl (C=O) groups is 1. The number of nitrogens with one attached hydrogen (secondary N) is 1. The molecule has 0 saturated carbocycles. The summed E-state index contributed by atoms with van der Waals surface area (Å²) in [6, 6.07) is 13.0. The van der Waals surface area contributed by atoms with E-state index in [0.717, 1.165) is 21.2 Å². The van der Waals surface area contributed by atoms with Crippen molar-refractivity contribution in [2.45, 2.75) is 13.5 Å². The lowest BCUT2D eigenvalue weighted by atomic mass is 10.1. The lowest BCUT2D eigenvalue weighted by Gasteiger charge is -2.03. The van der Waals surface area contributed by atoms with Gasteiger partial charge in [0.05, 0.1) is 16.8 Å². The summed E-state index contributed by atoms with van der Waals surface area (Å²) in [6.45, 7) is 2.78. The normalized spacial score (nSPS) is 11.3. The van der Waals surface area contributed by atoms with Crippen molar-refractivity contribution in [2.24, 2.45) is 0 Å². The van der Waals surface area contributed by atoms with Crippen LogP contribution in [0.15, 0.2) is 46.9 Å². The van der Waals surface area contributed by atoms with Crippen LogP contribution in [0.2, 0.25) is 5.02 Å². The number of nitrogens with zero attached hydrogens (tertiary/aromatic N) is 1. The maximum Gasteiger partial charge on any atom is 0.293 e. The van der Waals surface area contributed by atoms with Crippen molar-refractivity contribution in [1.82, 2.24) is 4.98 Å². The van der Waals surface area contributed by atoms with Gasteiger partial charge in [-0.25, -0.2) is 4.98 Å². The van der Waals surface area contributed by atoms with Gasteiger partial charge < -0.3 is 9.15 Å². The number of amides is 1. The fraction of sp³-hybridized carbons (Fsp3) is 0.158. The molecule has 0 bridgehead atoms. The van der Waals surface area contributed by atoms with Crippen molar-refractivity contribution in [3.63, 3.8) is 0 Å². The van der Waals surface area contributed by atoms with Crippen LogP contribution in [0.3, 0.4) is 0 Å². The topological polar surface area (TPSA) is 64.4 Å². The Balaban J connectivity index is 1.68. The number of aromatic nitrogens is 1. The molecule has 5 nitrogen and oxygen atoms in total. The highest BCUT2D eigenvalue weighted by molar-refractivity contribution is 7.22. The Hall–Kier alpha value is -2.41. The Bertz CT molecular complexity index is 1100. The molecule has 2 aromatic carbocycles. The third-order valence-electron chi connectivity index (χ3n) is 3.93. The van der Waals surface area contributed by atoms with Gasteiger partial charge in [0.15, 0.2) is 10.9 Å². The molecule has 1 N–H and O–H groups in total. The smallest absolute Gasteiger partial charge is 0.293 e. The first kappa shape index (κ1) is 17.0. The molecule has 0 radical (unpaired) electrons. The van der Waals surface area contributed by atoms with Crippen LogP contribution in [0.25, 0.3) is 21.2 Å². The number of carbonyl (C=O) groups excluding carboxylic acids is 1. The van der Waals surface area contributed by atoms with Crippen LogP contribution in [-0.2, 0) is 11.3 Å². The van der Waals surface area contributed by atoms with Gasteiger partial charge >= 0.3 is 0 Å². The number of benzene rings is 2. The van der Waals surface area contributed by atoms with Crippen molar-refractivity contribution in [3.05, 3.63) is 58.8 Å². The summed E-state index contributed by atoms with van der Waals surface area (Å²) in [4.78, 5) is 17.2. The first-order valence-corrected chi connectivity index (χ1v) is 9.30. The number of furan rings is 1. The second kappa shape index (κ2) is 7.07. The van der Waals surface area contributed by atoms with E-state index in [1.807, 2.05) is 43.3 Å². The maximum atomic E-state index is 12.8. The van der Waals surface area contributed by atoms with Crippen molar-refractivity contribution >= 4 is 55.2 Å². The van der Waals surface area contributed by atoms with Gasteiger partial charge in [-0.2, -0.15) is 0 Å². The van der Waals surface area contributed by atoms with Gasteiger partial charge in [0.25, 0.3) is 5.91 Å². The van der Waals surface area contributed by atoms with Gasteiger partial charge in [0.2, 0.25) is 0 Å². The fourth-order valence-electron chi connectivity index (χ4n) is 2.74. The van der Waals surface area contributed by atoms with E-state index >= 15 is 0 Å². The van der Waals surface area contributed by atoms with Crippen LogP contribution in [0, 0.1) is 0 Å². The molecule has 2 heterocycles. The number of para-hydroxylation sites is 1. The molecule has 0 fully saturated rings. The van der Waals surface area contributed by atoms with Gasteiger partial charge in [-0.1, -0.05) is 41.1 Å². The van der Waals surface area contributed by atoms with Crippen LogP contribution in [0.4, 0.5) is 5.13 Å². The quantitative estimate of drug-likeness (QED) is 0.493. The number of ether oxygens (including phenoxy) is 1. The number of fused-ring (bicyclic) bond motifs is 2. The van der Waals surface area contributed by atoms with E-state index in [1.165, 1.54) is 11.3 Å². The predicted molar refractivity (Wildman–Crippen MR) is 104 cm³/mol. The first-order chi connectivity index (χ1) is 12.7. The summed E-state index contributed by atoms with van der Waals surface area (Å²) in [5.41, 5.74) is 2.18. The molecule has 1 amide bonds. The van der Waals surface area contributed by atoms with E-state index in [0.29, 0.717) is 29.0 Å². The van der Waals surface area contributed by atoms with Gasteiger partial charge in [-0.15, -0.1) is 0 Å². The average molecular weight is 387 g/mol. The molecule has 0 spiro atoms. The minimum absolute atomic E-state index is 0.247. The number of hydrogen-bond acceptors (Lipinski definition) is 5. The van der Waals surface area contributed by atoms with Gasteiger partial charge in [0, 0.05) is 22.6 Å². The van der Waals surface area contributed by atoms with Crippen molar-refractivity contribution in [2.75, 3.05) is 11.9 Å². The lowest BCUT2D eigenvalue weighted by Crippen LogP contribution is -2.13.